The molecule has 5 nitrogen and oxygen atoms in total. The summed E-state index contributed by atoms with van der Waals surface area (Å²) in [4.78, 5) is 27.9. The van der Waals surface area contributed by atoms with E-state index < -0.39 is 0 Å². The molecule has 1 fully saturated rings. The molecule has 0 aliphatic carbocycles. The zero-order valence-electron chi connectivity index (χ0n) is 15.2. The molecule has 0 saturated carbocycles. The summed E-state index contributed by atoms with van der Waals surface area (Å²) in [5.74, 6) is -0.628. The third-order valence-electron chi connectivity index (χ3n) is 4.56. The number of piperazine rings is 1. The lowest BCUT2D eigenvalue weighted by atomic mass is 10.1. The Kier molecular flexibility index (Phi) is 5.98. The molecular formula is C21H22FN3O2. The Balaban J connectivity index is 1.76. The lowest BCUT2D eigenvalue weighted by Crippen LogP contribution is -2.44. The summed E-state index contributed by atoms with van der Waals surface area (Å²) in [7, 11) is 2.08. The third kappa shape index (κ3) is 5.01. The van der Waals surface area contributed by atoms with Gasteiger partial charge in [0.05, 0.1) is 11.4 Å². The Morgan fingerprint density at radius 2 is 1.70 bits per heavy atom. The number of rotatable bonds is 5. The van der Waals surface area contributed by atoms with E-state index in [1.54, 1.807) is 30.3 Å². The molecule has 0 radical (unpaired) electrons. The molecule has 0 bridgehead atoms. The van der Waals surface area contributed by atoms with Gasteiger partial charge in [-0.05, 0) is 49.0 Å². The zero-order chi connectivity index (χ0) is 19.2. The first-order valence-corrected chi connectivity index (χ1v) is 8.82. The molecule has 1 aliphatic rings. The maximum atomic E-state index is 13.0. The van der Waals surface area contributed by atoms with Crippen LogP contribution >= 0.6 is 0 Å². The average molecular weight is 367 g/mol. The van der Waals surface area contributed by atoms with E-state index in [2.05, 4.69) is 22.2 Å². The predicted octanol–water partition coefficient (Wildman–Crippen LogP) is 3.04. The SMILES string of the molecule is CN1CCN(c2ccc(C=O)cc2NC(=O)C=Cc2ccc(F)cc2)CC1. The number of aldehydes is 1. The van der Waals surface area contributed by atoms with E-state index in [1.165, 1.54) is 18.2 Å². The van der Waals surface area contributed by atoms with Crippen LogP contribution in [0.25, 0.3) is 6.08 Å². The Bertz CT molecular complexity index is 841. The smallest absolute Gasteiger partial charge is 0.248 e. The normalized spacial score (nSPS) is 15.1. The number of halogens is 1. The molecule has 2 aromatic carbocycles. The number of nitrogens with one attached hydrogen (secondary N) is 1. The first-order chi connectivity index (χ1) is 13.0. The van der Waals surface area contributed by atoms with Crippen molar-refractivity contribution in [3.8, 4) is 0 Å². The lowest BCUT2D eigenvalue weighted by molar-refractivity contribution is -0.111. The third-order valence-corrected chi connectivity index (χ3v) is 4.56. The second-order valence-corrected chi connectivity index (χ2v) is 6.56. The highest BCUT2D eigenvalue weighted by Crippen LogP contribution is 2.28. The summed E-state index contributed by atoms with van der Waals surface area (Å²) in [6.07, 6.45) is 3.78. The molecule has 0 spiro atoms. The first-order valence-electron chi connectivity index (χ1n) is 8.82. The molecular weight excluding hydrogens is 345 g/mol. The first kappa shape index (κ1) is 18.8. The average Bonchev–Trinajstić information content (AvgIpc) is 2.68. The van der Waals surface area contributed by atoms with Crippen molar-refractivity contribution in [1.82, 2.24) is 4.90 Å². The van der Waals surface area contributed by atoms with Crippen molar-refractivity contribution in [3.05, 3.63) is 65.5 Å². The molecule has 1 N–H and O–H groups in total. The number of carbonyl (C=O) groups is 2. The van der Waals surface area contributed by atoms with E-state index in [9.17, 15) is 14.0 Å². The van der Waals surface area contributed by atoms with Gasteiger partial charge in [-0.25, -0.2) is 4.39 Å². The Hall–Kier alpha value is -2.99. The second kappa shape index (κ2) is 8.60. The lowest BCUT2D eigenvalue weighted by Gasteiger charge is -2.35. The van der Waals surface area contributed by atoms with Crippen molar-refractivity contribution in [2.24, 2.45) is 0 Å². The zero-order valence-corrected chi connectivity index (χ0v) is 15.2. The van der Waals surface area contributed by atoms with Crippen molar-refractivity contribution < 1.29 is 14.0 Å². The number of anilines is 2. The largest absolute Gasteiger partial charge is 0.367 e. The number of hydrogen-bond acceptors (Lipinski definition) is 4. The minimum absolute atomic E-state index is 0.308. The van der Waals surface area contributed by atoms with E-state index in [0.29, 0.717) is 11.3 Å². The second-order valence-electron chi connectivity index (χ2n) is 6.56. The maximum absolute atomic E-state index is 13.0. The van der Waals surface area contributed by atoms with Gasteiger partial charge in [0.1, 0.15) is 12.1 Å². The van der Waals surface area contributed by atoms with Crippen molar-refractivity contribution in [2.75, 3.05) is 43.4 Å². The van der Waals surface area contributed by atoms with E-state index in [-0.39, 0.29) is 11.7 Å². The van der Waals surface area contributed by atoms with Crippen LogP contribution in [0.1, 0.15) is 15.9 Å². The van der Waals surface area contributed by atoms with Crippen LogP contribution in [0, 0.1) is 5.82 Å². The monoisotopic (exact) mass is 367 g/mol. The molecule has 1 amide bonds. The van der Waals surface area contributed by atoms with E-state index >= 15 is 0 Å². The fourth-order valence-electron chi connectivity index (χ4n) is 2.97. The Labute approximate surface area is 158 Å². The summed E-state index contributed by atoms with van der Waals surface area (Å²) in [5, 5.41) is 2.86. The topological polar surface area (TPSA) is 52.6 Å². The fraction of sp³-hybridized carbons (Fsp3) is 0.238. The minimum atomic E-state index is -0.320. The van der Waals surface area contributed by atoms with Gasteiger partial charge in [-0.1, -0.05) is 12.1 Å². The molecule has 2 aromatic rings. The standard InChI is InChI=1S/C21H22FN3O2/c1-24-10-12-25(13-11-24)20-8-4-17(15-26)14-19(20)23-21(27)9-5-16-2-6-18(22)7-3-16/h2-9,14-15H,10-13H2,1H3,(H,23,27). The van der Waals surface area contributed by atoms with Gasteiger partial charge in [-0.2, -0.15) is 0 Å². The number of hydrogen-bond donors (Lipinski definition) is 1. The summed E-state index contributed by atoms with van der Waals surface area (Å²) >= 11 is 0. The summed E-state index contributed by atoms with van der Waals surface area (Å²) in [5.41, 5.74) is 2.74. The van der Waals surface area contributed by atoms with Crippen LogP contribution in [-0.2, 0) is 4.79 Å². The van der Waals surface area contributed by atoms with Gasteiger partial charge in [0.15, 0.2) is 0 Å². The molecule has 0 unspecified atom stereocenters. The van der Waals surface area contributed by atoms with Crippen LogP contribution in [0.15, 0.2) is 48.5 Å². The number of likely N-dealkylation sites (N-methyl/N-ethyl adjacent to an activating group) is 1. The molecule has 1 saturated heterocycles. The number of amides is 1. The molecule has 0 aromatic heterocycles. The van der Waals surface area contributed by atoms with Crippen molar-refractivity contribution in [2.45, 2.75) is 0 Å². The highest BCUT2D eigenvalue weighted by molar-refractivity contribution is 6.04. The van der Waals surface area contributed by atoms with Gasteiger partial charge < -0.3 is 15.1 Å². The van der Waals surface area contributed by atoms with Crippen LogP contribution in [0.3, 0.4) is 0 Å². The Morgan fingerprint density at radius 1 is 1.04 bits per heavy atom. The van der Waals surface area contributed by atoms with E-state index in [0.717, 1.165) is 43.7 Å². The highest BCUT2D eigenvalue weighted by Gasteiger charge is 2.18. The van der Waals surface area contributed by atoms with Crippen LogP contribution in [0.2, 0.25) is 0 Å². The molecule has 1 aliphatic heterocycles. The number of nitrogens with zero attached hydrogens (tertiary/aromatic N) is 2. The predicted molar refractivity (Wildman–Crippen MR) is 106 cm³/mol. The molecule has 27 heavy (non-hydrogen) atoms. The highest BCUT2D eigenvalue weighted by atomic mass is 19.1. The quantitative estimate of drug-likeness (QED) is 0.652. The van der Waals surface area contributed by atoms with E-state index in [4.69, 9.17) is 0 Å². The summed E-state index contributed by atoms with van der Waals surface area (Å²) in [6.45, 7) is 3.58. The van der Waals surface area contributed by atoms with Crippen molar-refractivity contribution in [3.63, 3.8) is 0 Å². The van der Waals surface area contributed by atoms with Crippen molar-refractivity contribution in [1.29, 1.82) is 0 Å². The molecule has 1 heterocycles. The molecule has 6 heteroatoms. The number of benzene rings is 2. The van der Waals surface area contributed by atoms with Crippen LogP contribution in [-0.4, -0.2) is 50.3 Å². The molecule has 3 rings (SSSR count). The van der Waals surface area contributed by atoms with Gasteiger partial charge in [0, 0.05) is 37.8 Å². The van der Waals surface area contributed by atoms with Gasteiger partial charge in [0.25, 0.3) is 0 Å². The van der Waals surface area contributed by atoms with Crippen LogP contribution in [0.4, 0.5) is 15.8 Å². The van der Waals surface area contributed by atoms with Gasteiger partial charge in [0.2, 0.25) is 5.91 Å². The maximum Gasteiger partial charge on any atom is 0.248 e. The number of carbonyl (C=O) groups excluding carboxylic acids is 2. The minimum Gasteiger partial charge on any atom is -0.367 e. The van der Waals surface area contributed by atoms with Crippen LogP contribution < -0.4 is 10.2 Å². The van der Waals surface area contributed by atoms with E-state index in [1.807, 2.05) is 6.07 Å². The van der Waals surface area contributed by atoms with Crippen LogP contribution in [0.5, 0.6) is 0 Å². The van der Waals surface area contributed by atoms with Gasteiger partial charge in [-0.3, -0.25) is 9.59 Å². The molecule has 0 atom stereocenters. The Morgan fingerprint density at radius 3 is 2.37 bits per heavy atom. The fourth-order valence-corrected chi connectivity index (χ4v) is 2.97. The molecule has 140 valence electrons. The summed E-state index contributed by atoms with van der Waals surface area (Å²) in [6, 6.07) is 11.2. The summed E-state index contributed by atoms with van der Waals surface area (Å²) < 4.78 is 13.0. The van der Waals surface area contributed by atoms with Crippen molar-refractivity contribution >= 4 is 29.6 Å². The van der Waals surface area contributed by atoms with Gasteiger partial charge >= 0.3 is 0 Å². The van der Waals surface area contributed by atoms with Gasteiger partial charge in [-0.15, -0.1) is 0 Å².